The largest absolute Gasteiger partial charge is 0.508 e. The Balaban J connectivity index is 2.22. The number of aromatic nitrogens is 1. The number of aryl methyl sites for hydroxylation is 1. The van der Waals surface area contributed by atoms with Crippen LogP contribution in [0.25, 0.3) is 0 Å². The molecule has 0 bridgehead atoms. The average Bonchev–Trinajstić information content (AvgIpc) is 2.27. The number of carbonyl (C=O) groups is 1. The summed E-state index contributed by atoms with van der Waals surface area (Å²) in [7, 11) is 0. The van der Waals surface area contributed by atoms with E-state index in [4.69, 9.17) is 11.6 Å². The maximum atomic E-state index is 12.0. The SMILES string of the molecule is Cc1cc(C(=O)Nc2cccc(O)c2)cc(Cl)n1. The van der Waals surface area contributed by atoms with Gasteiger partial charge in [-0.1, -0.05) is 17.7 Å². The van der Waals surface area contributed by atoms with E-state index in [1.807, 2.05) is 0 Å². The Kier molecular flexibility index (Phi) is 3.48. The van der Waals surface area contributed by atoms with Gasteiger partial charge in [-0.05, 0) is 31.2 Å². The second kappa shape index (κ2) is 5.06. The molecular formula is C13H11ClN2O2. The van der Waals surface area contributed by atoms with Crippen LogP contribution in [0.3, 0.4) is 0 Å². The molecule has 5 heteroatoms. The minimum absolute atomic E-state index is 0.0942. The molecule has 4 nitrogen and oxygen atoms in total. The van der Waals surface area contributed by atoms with Crippen LogP contribution in [-0.4, -0.2) is 16.0 Å². The van der Waals surface area contributed by atoms with Crippen molar-refractivity contribution in [3.8, 4) is 5.75 Å². The van der Waals surface area contributed by atoms with Gasteiger partial charge in [0.25, 0.3) is 5.91 Å². The fraction of sp³-hybridized carbons (Fsp3) is 0.0769. The maximum absolute atomic E-state index is 12.0. The number of halogens is 1. The molecule has 0 aliphatic heterocycles. The molecule has 18 heavy (non-hydrogen) atoms. The minimum Gasteiger partial charge on any atom is -0.508 e. The van der Waals surface area contributed by atoms with E-state index in [0.29, 0.717) is 16.9 Å². The highest BCUT2D eigenvalue weighted by atomic mass is 35.5. The number of pyridine rings is 1. The van der Waals surface area contributed by atoms with Crippen LogP contribution in [0.5, 0.6) is 5.75 Å². The number of aromatic hydroxyl groups is 1. The predicted molar refractivity (Wildman–Crippen MR) is 70.0 cm³/mol. The first-order valence-corrected chi connectivity index (χ1v) is 5.67. The summed E-state index contributed by atoms with van der Waals surface area (Å²) in [5, 5.41) is 12.2. The van der Waals surface area contributed by atoms with Gasteiger partial charge in [0.05, 0.1) is 0 Å². The summed E-state index contributed by atoms with van der Waals surface area (Å²) in [6.07, 6.45) is 0. The highest BCUT2D eigenvalue weighted by Gasteiger charge is 2.08. The van der Waals surface area contributed by atoms with Crippen LogP contribution in [0.15, 0.2) is 36.4 Å². The molecule has 1 heterocycles. The van der Waals surface area contributed by atoms with E-state index in [1.165, 1.54) is 18.2 Å². The normalized spacial score (nSPS) is 10.1. The minimum atomic E-state index is -0.298. The van der Waals surface area contributed by atoms with Crippen molar-refractivity contribution in [2.24, 2.45) is 0 Å². The molecule has 92 valence electrons. The van der Waals surface area contributed by atoms with Crippen molar-refractivity contribution in [1.29, 1.82) is 0 Å². The van der Waals surface area contributed by atoms with Crippen LogP contribution in [-0.2, 0) is 0 Å². The number of amides is 1. The van der Waals surface area contributed by atoms with Crippen LogP contribution in [0, 0.1) is 6.92 Å². The van der Waals surface area contributed by atoms with Crippen molar-refractivity contribution < 1.29 is 9.90 Å². The van der Waals surface area contributed by atoms with Gasteiger partial charge in [0.1, 0.15) is 10.9 Å². The van der Waals surface area contributed by atoms with E-state index in [-0.39, 0.29) is 16.8 Å². The number of hydrogen-bond acceptors (Lipinski definition) is 3. The third-order valence-corrected chi connectivity index (χ3v) is 2.48. The molecule has 1 aromatic carbocycles. The molecule has 1 amide bonds. The fourth-order valence-corrected chi connectivity index (χ4v) is 1.80. The first kappa shape index (κ1) is 12.4. The molecule has 0 unspecified atom stereocenters. The maximum Gasteiger partial charge on any atom is 0.255 e. The molecule has 0 fully saturated rings. The number of anilines is 1. The molecule has 0 aliphatic carbocycles. The molecule has 0 aliphatic rings. The standard InChI is InChI=1S/C13H11ClN2O2/c1-8-5-9(6-12(14)15-8)13(18)16-10-3-2-4-11(17)7-10/h2-7,17H,1H3,(H,16,18). The molecule has 2 N–H and O–H groups in total. The first-order valence-electron chi connectivity index (χ1n) is 5.29. The van der Waals surface area contributed by atoms with Crippen LogP contribution in [0.2, 0.25) is 5.15 Å². The van der Waals surface area contributed by atoms with Crippen molar-refractivity contribution >= 4 is 23.2 Å². The first-order chi connectivity index (χ1) is 8.54. The smallest absolute Gasteiger partial charge is 0.255 e. The summed E-state index contributed by atoms with van der Waals surface area (Å²) in [6, 6.07) is 9.47. The lowest BCUT2D eigenvalue weighted by Crippen LogP contribution is -2.12. The summed E-state index contributed by atoms with van der Waals surface area (Å²) in [4.78, 5) is 15.9. The van der Waals surface area contributed by atoms with Gasteiger partial charge < -0.3 is 10.4 Å². The molecule has 0 saturated heterocycles. The summed E-state index contributed by atoms with van der Waals surface area (Å²) in [5.41, 5.74) is 1.62. The number of carbonyl (C=O) groups excluding carboxylic acids is 1. The van der Waals surface area contributed by atoms with Gasteiger partial charge >= 0.3 is 0 Å². The number of hydrogen-bond donors (Lipinski definition) is 2. The summed E-state index contributed by atoms with van der Waals surface area (Å²) >= 11 is 5.79. The number of benzene rings is 1. The van der Waals surface area contributed by atoms with Gasteiger partial charge in [-0.25, -0.2) is 4.98 Å². The van der Waals surface area contributed by atoms with Crippen LogP contribution in [0.1, 0.15) is 16.1 Å². The Morgan fingerprint density at radius 2 is 2.11 bits per heavy atom. The van der Waals surface area contributed by atoms with Gasteiger partial charge in [0.15, 0.2) is 0 Å². The summed E-state index contributed by atoms with van der Waals surface area (Å²) < 4.78 is 0. The summed E-state index contributed by atoms with van der Waals surface area (Å²) in [5.74, 6) is -0.204. The van der Waals surface area contributed by atoms with Crippen LogP contribution in [0.4, 0.5) is 5.69 Å². The van der Waals surface area contributed by atoms with Crippen molar-refractivity contribution in [2.75, 3.05) is 5.32 Å². The fourth-order valence-electron chi connectivity index (χ4n) is 1.55. The van der Waals surface area contributed by atoms with Gasteiger partial charge in [-0.15, -0.1) is 0 Å². The summed E-state index contributed by atoms with van der Waals surface area (Å²) in [6.45, 7) is 1.76. The number of phenols is 1. The van der Waals surface area contributed by atoms with E-state index >= 15 is 0 Å². The number of phenolic OH excluding ortho intramolecular Hbond substituents is 1. The lowest BCUT2D eigenvalue weighted by molar-refractivity contribution is 0.102. The van der Waals surface area contributed by atoms with E-state index in [0.717, 1.165) is 0 Å². The third kappa shape index (κ3) is 2.99. The molecule has 2 aromatic rings. The monoisotopic (exact) mass is 262 g/mol. The molecular weight excluding hydrogens is 252 g/mol. The van der Waals surface area contributed by atoms with E-state index in [1.54, 1.807) is 25.1 Å². The zero-order valence-corrected chi connectivity index (χ0v) is 10.4. The van der Waals surface area contributed by atoms with Gasteiger partial charge in [0.2, 0.25) is 0 Å². The Bertz CT molecular complexity index is 579. The van der Waals surface area contributed by atoms with Crippen molar-refractivity contribution in [3.63, 3.8) is 0 Å². The van der Waals surface area contributed by atoms with Gasteiger partial charge in [0, 0.05) is 23.0 Å². The molecule has 0 spiro atoms. The van der Waals surface area contributed by atoms with E-state index in [2.05, 4.69) is 10.3 Å². The topological polar surface area (TPSA) is 62.2 Å². The van der Waals surface area contributed by atoms with E-state index < -0.39 is 0 Å². The highest BCUT2D eigenvalue weighted by Crippen LogP contribution is 2.17. The lowest BCUT2D eigenvalue weighted by Gasteiger charge is -2.06. The second-order valence-corrected chi connectivity index (χ2v) is 4.21. The van der Waals surface area contributed by atoms with Crippen LogP contribution >= 0.6 is 11.6 Å². The van der Waals surface area contributed by atoms with Gasteiger partial charge in [-0.2, -0.15) is 0 Å². The van der Waals surface area contributed by atoms with Gasteiger partial charge in [-0.3, -0.25) is 4.79 Å². The number of nitrogens with one attached hydrogen (secondary N) is 1. The lowest BCUT2D eigenvalue weighted by atomic mass is 10.2. The number of nitrogens with zero attached hydrogens (tertiary/aromatic N) is 1. The molecule has 1 aromatic heterocycles. The average molecular weight is 263 g/mol. The van der Waals surface area contributed by atoms with Crippen LogP contribution < -0.4 is 5.32 Å². The Labute approximate surface area is 109 Å². The molecule has 0 radical (unpaired) electrons. The Hall–Kier alpha value is -2.07. The molecule has 2 rings (SSSR count). The predicted octanol–water partition coefficient (Wildman–Crippen LogP) is 3.00. The Morgan fingerprint density at radius 3 is 2.78 bits per heavy atom. The van der Waals surface area contributed by atoms with Crippen molar-refractivity contribution in [2.45, 2.75) is 6.92 Å². The zero-order valence-electron chi connectivity index (χ0n) is 9.64. The van der Waals surface area contributed by atoms with Crippen molar-refractivity contribution in [3.05, 3.63) is 52.8 Å². The second-order valence-electron chi connectivity index (χ2n) is 3.82. The number of rotatable bonds is 2. The third-order valence-electron chi connectivity index (χ3n) is 2.29. The van der Waals surface area contributed by atoms with E-state index in [9.17, 15) is 9.90 Å². The Morgan fingerprint density at radius 1 is 1.33 bits per heavy atom. The molecule has 0 saturated carbocycles. The quantitative estimate of drug-likeness (QED) is 0.818. The highest BCUT2D eigenvalue weighted by molar-refractivity contribution is 6.29. The van der Waals surface area contributed by atoms with Crippen molar-refractivity contribution in [1.82, 2.24) is 4.98 Å². The zero-order chi connectivity index (χ0) is 13.1. The molecule has 0 atom stereocenters.